The fraction of sp³-hybridized carbons (Fsp3) is 0.500. The van der Waals surface area contributed by atoms with Gasteiger partial charge in [-0.3, -0.25) is 0 Å². The Kier molecular flexibility index (Phi) is 4.75. The summed E-state index contributed by atoms with van der Waals surface area (Å²) in [6.45, 7) is 14.7. The quantitative estimate of drug-likeness (QED) is 0.450. The first kappa shape index (κ1) is 15.2. The first-order valence-corrected chi connectivity index (χ1v) is 14.7. The summed E-state index contributed by atoms with van der Waals surface area (Å²) in [5.74, 6) is 0. The van der Waals surface area contributed by atoms with E-state index in [4.69, 9.17) is 0 Å². The molecule has 4 heteroatoms. The Morgan fingerprint density at radius 2 is 1.31 bits per heavy atom. The van der Waals surface area contributed by atoms with Gasteiger partial charge in [0.2, 0.25) is 0 Å². The Hall–Kier alpha value is 1.11. The molecule has 0 amide bonds. The highest BCUT2D eigenvalue weighted by Gasteiger charge is 2.29. The van der Waals surface area contributed by atoms with Crippen molar-refractivity contribution in [3.63, 3.8) is 0 Å². The molecule has 0 atom stereocenters. The van der Waals surface area contributed by atoms with Crippen LogP contribution in [0.4, 0.5) is 0 Å². The van der Waals surface area contributed by atoms with Gasteiger partial charge in [0, 0.05) is 7.14 Å². The minimum Gasteiger partial charge on any atom is -0.0656 e. The number of rotatable bonds is 2. The van der Waals surface area contributed by atoms with Crippen LogP contribution < -0.4 is 10.4 Å². The van der Waals surface area contributed by atoms with Crippen molar-refractivity contribution in [2.45, 2.75) is 39.3 Å². The lowest BCUT2D eigenvalue weighted by atomic mass is 10.4. The molecule has 0 aliphatic heterocycles. The molecule has 0 fully saturated rings. The lowest BCUT2D eigenvalue weighted by Crippen LogP contribution is -2.57. The molecular formula is C12H20I2Si2. The number of hydrogen-bond acceptors (Lipinski definition) is 0. The summed E-state index contributed by atoms with van der Waals surface area (Å²) in [6, 6.07) is 4.68. The highest BCUT2D eigenvalue weighted by molar-refractivity contribution is 14.1. The molecule has 0 aromatic heterocycles. The minimum absolute atomic E-state index is 1.22. The van der Waals surface area contributed by atoms with Gasteiger partial charge in [-0.1, -0.05) is 50.5 Å². The van der Waals surface area contributed by atoms with Crippen LogP contribution in [0.15, 0.2) is 12.1 Å². The fourth-order valence-corrected chi connectivity index (χ4v) is 11.2. The molecule has 0 saturated carbocycles. The predicted molar refractivity (Wildman–Crippen MR) is 97.8 cm³/mol. The Balaban J connectivity index is 3.59. The molecule has 0 spiro atoms. The van der Waals surface area contributed by atoms with Crippen LogP contribution in [0.2, 0.25) is 39.3 Å². The van der Waals surface area contributed by atoms with E-state index >= 15 is 0 Å². The summed E-state index contributed by atoms with van der Waals surface area (Å²) in [7, 11) is -2.46. The largest absolute Gasteiger partial charge is 0.0788 e. The van der Waals surface area contributed by atoms with E-state index in [1.165, 1.54) is 7.14 Å². The van der Waals surface area contributed by atoms with Crippen molar-refractivity contribution in [1.82, 2.24) is 0 Å². The zero-order chi connectivity index (χ0) is 12.7. The van der Waals surface area contributed by atoms with Crippen molar-refractivity contribution in [3.05, 3.63) is 19.3 Å². The summed E-state index contributed by atoms with van der Waals surface area (Å²) in [5.41, 5.74) is 0. The minimum atomic E-state index is -1.24. The second-order valence-corrected chi connectivity index (χ2v) is 18.6. The van der Waals surface area contributed by atoms with E-state index < -0.39 is 16.1 Å². The third kappa shape index (κ3) is 3.32. The van der Waals surface area contributed by atoms with Crippen LogP contribution in [0.25, 0.3) is 0 Å². The van der Waals surface area contributed by atoms with E-state index in [1.54, 1.807) is 10.4 Å². The molecule has 0 unspecified atom stereocenters. The molecule has 1 rings (SSSR count). The summed E-state index contributed by atoms with van der Waals surface area (Å²) < 4.78 is 2.93. The van der Waals surface area contributed by atoms with Crippen LogP contribution in [0.5, 0.6) is 0 Å². The Labute approximate surface area is 129 Å². The highest BCUT2D eigenvalue weighted by atomic mass is 127. The van der Waals surface area contributed by atoms with Crippen LogP contribution in [0.3, 0.4) is 0 Å². The first-order chi connectivity index (χ1) is 7.05. The fourth-order valence-electron chi connectivity index (χ4n) is 1.91. The van der Waals surface area contributed by atoms with Gasteiger partial charge in [0.1, 0.15) is 0 Å². The molecule has 1 aromatic carbocycles. The molecular weight excluding hydrogens is 454 g/mol. The van der Waals surface area contributed by atoms with E-state index in [9.17, 15) is 0 Å². The highest BCUT2D eigenvalue weighted by Crippen LogP contribution is 2.17. The third-order valence-corrected chi connectivity index (χ3v) is 10.5. The number of benzene rings is 1. The Bertz CT molecular complexity index is 401. The van der Waals surface area contributed by atoms with E-state index in [2.05, 4.69) is 96.6 Å². The molecule has 0 nitrogen and oxygen atoms in total. The van der Waals surface area contributed by atoms with Crippen molar-refractivity contribution >= 4 is 71.7 Å². The van der Waals surface area contributed by atoms with Gasteiger partial charge in [-0.05, 0) is 56.4 Å². The normalized spacial score (nSPS) is 13.0. The molecule has 0 N–H and O–H groups in total. The standard InChI is InChI=1S/C12H20I2Si2/c1-15(2,3)10-8-7-9(13)11(14)12(10)16(4,5)6/h7-8H,1-6H3. The topological polar surface area (TPSA) is 0 Å². The number of halogens is 2. The van der Waals surface area contributed by atoms with Crippen molar-refractivity contribution in [2.24, 2.45) is 0 Å². The van der Waals surface area contributed by atoms with Crippen LogP contribution >= 0.6 is 45.2 Å². The maximum Gasteiger partial charge on any atom is 0.0788 e. The van der Waals surface area contributed by atoms with Gasteiger partial charge >= 0.3 is 0 Å². The molecule has 16 heavy (non-hydrogen) atoms. The lowest BCUT2D eigenvalue weighted by Gasteiger charge is -2.29. The van der Waals surface area contributed by atoms with Gasteiger partial charge in [-0.25, -0.2) is 0 Å². The Morgan fingerprint density at radius 3 is 1.69 bits per heavy atom. The van der Waals surface area contributed by atoms with Gasteiger partial charge < -0.3 is 0 Å². The van der Waals surface area contributed by atoms with Crippen LogP contribution in [-0.2, 0) is 0 Å². The second-order valence-electron chi connectivity index (χ2n) is 6.28. The monoisotopic (exact) mass is 474 g/mol. The zero-order valence-electron chi connectivity index (χ0n) is 10.9. The SMILES string of the molecule is C[Si](C)(C)c1ccc(I)c(I)c1[Si](C)(C)C. The maximum atomic E-state index is 2.55. The van der Waals surface area contributed by atoms with Crippen molar-refractivity contribution in [1.29, 1.82) is 0 Å². The summed E-state index contributed by atoms with van der Waals surface area (Å²) in [6.07, 6.45) is 0. The average molecular weight is 474 g/mol. The first-order valence-electron chi connectivity index (χ1n) is 5.54. The molecule has 0 saturated heterocycles. The number of hydrogen-bond donors (Lipinski definition) is 0. The predicted octanol–water partition coefficient (Wildman–Crippen LogP) is 3.99. The summed E-state index contributed by atoms with van der Waals surface area (Å²) in [5, 5.41) is 3.38. The third-order valence-electron chi connectivity index (χ3n) is 2.65. The maximum absolute atomic E-state index is 2.55. The molecule has 0 bridgehead atoms. The summed E-state index contributed by atoms with van der Waals surface area (Å²) >= 11 is 5.01. The molecule has 0 aliphatic rings. The molecule has 0 radical (unpaired) electrons. The van der Waals surface area contributed by atoms with E-state index in [1.807, 2.05) is 0 Å². The van der Waals surface area contributed by atoms with Gasteiger partial charge in [-0.2, -0.15) is 0 Å². The van der Waals surface area contributed by atoms with Crippen molar-refractivity contribution in [2.75, 3.05) is 0 Å². The van der Waals surface area contributed by atoms with Gasteiger partial charge in [0.15, 0.2) is 0 Å². The Morgan fingerprint density at radius 1 is 0.812 bits per heavy atom. The van der Waals surface area contributed by atoms with E-state index in [0.717, 1.165) is 0 Å². The average Bonchev–Trinajstić information content (AvgIpc) is 2.05. The zero-order valence-corrected chi connectivity index (χ0v) is 17.2. The van der Waals surface area contributed by atoms with E-state index in [0.29, 0.717) is 0 Å². The van der Waals surface area contributed by atoms with E-state index in [-0.39, 0.29) is 0 Å². The van der Waals surface area contributed by atoms with Crippen LogP contribution in [-0.4, -0.2) is 16.1 Å². The smallest absolute Gasteiger partial charge is 0.0656 e. The molecule has 90 valence electrons. The van der Waals surface area contributed by atoms with Crippen molar-refractivity contribution in [3.8, 4) is 0 Å². The molecule has 1 aromatic rings. The summed E-state index contributed by atoms with van der Waals surface area (Å²) in [4.78, 5) is 0. The van der Waals surface area contributed by atoms with Gasteiger partial charge in [0.05, 0.1) is 16.1 Å². The van der Waals surface area contributed by atoms with Crippen molar-refractivity contribution < 1.29 is 0 Å². The van der Waals surface area contributed by atoms with Gasteiger partial charge in [0.25, 0.3) is 0 Å². The molecule has 0 aliphatic carbocycles. The van der Waals surface area contributed by atoms with Gasteiger partial charge in [-0.15, -0.1) is 0 Å². The van der Waals surface area contributed by atoms with Crippen LogP contribution in [0.1, 0.15) is 0 Å². The molecule has 0 heterocycles. The second kappa shape index (κ2) is 5.01. The lowest BCUT2D eigenvalue weighted by molar-refractivity contribution is 1.59. The van der Waals surface area contributed by atoms with Crippen LogP contribution in [0, 0.1) is 7.14 Å².